The number of aliphatic hydroxyl groups excluding tert-OH is 1. The number of rotatable bonds is 8. The van der Waals surface area contributed by atoms with Crippen LogP contribution in [0, 0.1) is 5.92 Å². The van der Waals surface area contributed by atoms with E-state index in [0.717, 1.165) is 0 Å². The molecule has 0 aliphatic carbocycles. The van der Waals surface area contributed by atoms with E-state index in [2.05, 4.69) is 0 Å². The summed E-state index contributed by atoms with van der Waals surface area (Å²) in [6, 6.07) is 6.67. The second-order valence-electron chi connectivity index (χ2n) is 7.23. The second-order valence-corrected chi connectivity index (χ2v) is 7.23. The first-order valence-electron chi connectivity index (χ1n) is 8.82. The number of methoxy groups -OCH3 is 1. The van der Waals surface area contributed by atoms with Crippen LogP contribution in [0.15, 0.2) is 35.6 Å². The van der Waals surface area contributed by atoms with E-state index >= 15 is 0 Å². The molecule has 6 heteroatoms. The number of hydrogen-bond acceptors (Lipinski definition) is 5. The molecule has 142 valence electrons. The van der Waals surface area contributed by atoms with Gasteiger partial charge in [0.2, 0.25) is 0 Å². The van der Waals surface area contributed by atoms with Crippen LogP contribution in [0.4, 0.5) is 0 Å². The summed E-state index contributed by atoms with van der Waals surface area (Å²) in [5.74, 6) is -0.425. The standard InChI is InChI=1S/C20H28N2O4/c1-13(2)12-15(23)17-18(14-8-6-7-9-16(14)26-5)22(11-10-21(3)4)20(25)19(17)24/h6-9,13,18,24H,10-12H2,1-5H3. The Labute approximate surface area is 155 Å². The fraction of sp³-hybridized carbons (Fsp3) is 0.500. The first-order chi connectivity index (χ1) is 12.3. The molecule has 6 nitrogen and oxygen atoms in total. The second kappa shape index (κ2) is 8.36. The Bertz CT molecular complexity index is 710. The largest absolute Gasteiger partial charge is 0.503 e. The van der Waals surface area contributed by atoms with E-state index in [9.17, 15) is 14.7 Å². The maximum atomic E-state index is 12.8. The van der Waals surface area contributed by atoms with Crippen molar-refractivity contribution in [3.05, 3.63) is 41.2 Å². The topological polar surface area (TPSA) is 70.1 Å². The Morgan fingerprint density at radius 2 is 1.96 bits per heavy atom. The number of Topliss-reactive ketones (excluding diaryl/α,β-unsaturated/α-hetero) is 1. The molecule has 1 atom stereocenters. The average molecular weight is 360 g/mol. The lowest BCUT2D eigenvalue weighted by atomic mass is 9.91. The van der Waals surface area contributed by atoms with Crippen molar-refractivity contribution >= 4 is 11.7 Å². The number of amides is 1. The van der Waals surface area contributed by atoms with Gasteiger partial charge >= 0.3 is 0 Å². The molecule has 1 aromatic rings. The molecule has 0 saturated carbocycles. The summed E-state index contributed by atoms with van der Waals surface area (Å²) in [4.78, 5) is 29.1. The van der Waals surface area contributed by atoms with Crippen molar-refractivity contribution in [3.63, 3.8) is 0 Å². The monoisotopic (exact) mass is 360 g/mol. The van der Waals surface area contributed by atoms with Gasteiger partial charge in [-0.3, -0.25) is 9.59 Å². The summed E-state index contributed by atoms with van der Waals surface area (Å²) in [6.07, 6.45) is 0.278. The predicted molar refractivity (Wildman–Crippen MR) is 100 cm³/mol. The van der Waals surface area contributed by atoms with Crippen molar-refractivity contribution in [1.29, 1.82) is 0 Å². The van der Waals surface area contributed by atoms with E-state index in [1.807, 2.05) is 51.0 Å². The molecule has 1 unspecified atom stereocenters. The number of benzene rings is 1. The van der Waals surface area contributed by atoms with Gasteiger partial charge in [-0.05, 0) is 26.1 Å². The molecule has 1 N–H and O–H groups in total. The molecule has 0 bridgehead atoms. The SMILES string of the molecule is COc1ccccc1C1C(C(=O)CC(C)C)=C(O)C(=O)N1CCN(C)C. The highest BCUT2D eigenvalue weighted by Crippen LogP contribution is 2.41. The summed E-state index contributed by atoms with van der Waals surface area (Å²) < 4.78 is 5.45. The lowest BCUT2D eigenvalue weighted by Crippen LogP contribution is -2.36. The third-order valence-electron chi connectivity index (χ3n) is 4.42. The Morgan fingerprint density at radius 3 is 2.54 bits per heavy atom. The average Bonchev–Trinajstić information content (AvgIpc) is 2.83. The number of likely N-dealkylation sites (N-methyl/N-ethyl adjacent to an activating group) is 1. The van der Waals surface area contributed by atoms with Crippen molar-refractivity contribution in [2.45, 2.75) is 26.3 Å². The van der Waals surface area contributed by atoms with Gasteiger partial charge in [0, 0.05) is 25.1 Å². The van der Waals surface area contributed by atoms with Crippen LogP contribution in [0.5, 0.6) is 5.75 Å². The van der Waals surface area contributed by atoms with Crippen LogP contribution in [0.3, 0.4) is 0 Å². The van der Waals surface area contributed by atoms with Crippen molar-refractivity contribution in [2.75, 3.05) is 34.3 Å². The van der Waals surface area contributed by atoms with Crippen molar-refractivity contribution in [3.8, 4) is 5.75 Å². The lowest BCUT2D eigenvalue weighted by molar-refractivity contribution is -0.129. The number of carbonyl (C=O) groups excluding carboxylic acids is 2. The summed E-state index contributed by atoms with van der Waals surface area (Å²) in [7, 11) is 5.38. The highest BCUT2D eigenvalue weighted by Gasteiger charge is 2.44. The number of hydrogen-bond donors (Lipinski definition) is 1. The van der Waals surface area contributed by atoms with E-state index in [4.69, 9.17) is 4.74 Å². The lowest BCUT2D eigenvalue weighted by Gasteiger charge is -2.29. The maximum Gasteiger partial charge on any atom is 0.290 e. The molecule has 0 aromatic heterocycles. The Hall–Kier alpha value is -2.34. The normalized spacial score (nSPS) is 17.6. The molecule has 26 heavy (non-hydrogen) atoms. The quantitative estimate of drug-likeness (QED) is 0.772. The highest BCUT2D eigenvalue weighted by molar-refractivity contribution is 6.09. The van der Waals surface area contributed by atoms with E-state index in [-0.39, 0.29) is 23.7 Å². The van der Waals surface area contributed by atoms with Gasteiger partial charge in [-0.25, -0.2) is 0 Å². The minimum Gasteiger partial charge on any atom is -0.503 e. The smallest absolute Gasteiger partial charge is 0.290 e. The number of ether oxygens (including phenoxy) is 1. The zero-order chi connectivity index (χ0) is 19.4. The molecule has 1 heterocycles. The summed E-state index contributed by atoms with van der Waals surface area (Å²) in [5.41, 5.74) is 0.880. The van der Waals surface area contributed by atoms with Crippen molar-refractivity contribution in [2.24, 2.45) is 5.92 Å². The van der Waals surface area contributed by atoms with Crippen LogP contribution >= 0.6 is 0 Å². The minimum atomic E-state index is -0.634. The van der Waals surface area contributed by atoms with Gasteiger partial charge < -0.3 is 19.6 Å². The van der Waals surface area contributed by atoms with E-state index in [1.54, 1.807) is 18.1 Å². The highest BCUT2D eigenvalue weighted by atomic mass is 16.5. The van der Waals surface area contributed by atoms with Gasteiger partial charge in [0.25, 0.3) is 5.91 Å². The molecule has 0 fully saturated rings. The Balaban J connectivity index is 2.52. The molecule has 0 spiro atoms. The predicted octanol–water partition coefficient (Wildman–Crippen LogP) is 2.57. The first-order valence-corrected chi connectivity index (χ1v) is 8.82. The molecule has 1 aliphatic rings. The van der Waals surface area contributed by atoms with Crippen LogP contribution in [-0.4, -0.2) is 60.9 Å². The summed E-state index contributed by atoms with van der Waals surface area (Å²) in [5, 5.41) is 10.5. The van der Waals surface area contributed by atoms with Gasteiger partial charge in [0.05, 0.1) is 18.7 Å². The molecule has 1 aliphatic heterocycles. The van der Waals surface area contributed by atoms with Crippen LogP contribution in [0.25, 0.3) is 0 Å². The Kier molecular flexibility index (Phi) is 6.42. The third kappa shape index (κ3) is 4.07. The fourth-order valence-corrected chi connectivity index (χ4v) is 3.17. The molecular weight excluding hydrogens is 332 g/mol. The van der Waals surface area contributed by atoms with Crippen LogP contribution in [0.1, 0.15) is 31.9 Å². The number of carbonyl (C=O) groups is 2. The van der Waals surface area contributed by atoms with E-state index in [0.29, 0.717) is 24.4 Å². The summed E-state index contributed by atoms with van der Waals surface area (Å²) in [6.45, 7) is 4.90. The van der Waals surface area contributed by atoms with Crippen molar-refractivity contribution < 1.29 is 19.4 Å². The minimum absolute atomic E-state index is 0.132. The van der Waals surface area contributed by atoms with Crippen LogP contribution in [-0.2, 0) is 9.59 Å². The van der Waals surface area contributed by atoms with Gasteiger partial charge in [-0.2, -0.15) is 0 Å². The third-order valence-corrected chi connectivity index (χ3v) is 4.42. The van der Waals surface area contributed by atoms with E-state index in [1.165, 1.54) is 0 Å². The number of aliphatic hydroxyl groups is 1. The zero-order valence-electron chi connectivity index (χ0n) is 16.2. The van der Waals surface area contributed by atoms with Gasteiger partial charge in [-0.15, -0.1) is 0 Å². The fourth-order valence-electron chi connectivity index (χ4n) is 3.17. The molecule has 1 amide bonds. The molecule has 0 radical (unpaired) electrons. The molecular formula is C20H28N2O4. The number of para-hydroxylation sites is 1. The zero-order valence-corrected chi connectivity index (χ0v) is 16.2. The Morgan fingerprint density at radius 1 is 1.31 bits per heavy atom. The molecule has 0 saturated heterocycles. The van der Waals surface area contributed by atoms with Crippen LogP contribution in [0.2, 0.25) is 0 Å². The first kappa shape index (κ1) is 20.0. The van der Waals surface area contributed by atoms with E-state index < -0.39 is 17.7 Å². The van der Waals surface area contributed by atoms with Crippen LogP contribution < -0.4 is 4.74 Å². The van der Waals surface area contributed by atoms with Gasteiger partial charge in [0.15, 0.2) is 11.5 Å². The van der Waals surface area contributed by atoms with Gasteiger partial charge in [-0.1, -0.05) is 32.0 Å². The van der Waals surface area contributed by atoms with Gasteiger partial charge in [0.1, 0.15) is 5.75 Å². The molecule has 2 rings (SSSR count). The number of nitrogens with zero attached hydrogens (tertiary/aromatic N) is 2. The molecule has 1 aromatic carbocycles. The van der Waals surface area contributed by atoms with Crippen molar-refractivity contribution in [1.82, 2.24) is 9.80 Å². The number of ketones is 1. The summed E-state index contributed by atoms with van der Waals surface area (Å²) >= 11 is 0. The maximum absolute atomic E-state index is 12.8.